The number of halogens is 1. The molecule has 1 aliphatic heterocycles. The Balaban J connectivity index is 1.97. The van der Waals surface area contributed by atoms with Crippen LogP contribution in [0, 0.1) is 5.82 Å². The van der Waals surface area contributed by atoms with Gasteiger partial charge in [-0.25, -0.2) is 9.18 Å². The summed E-state index contributed by atoms with van der Waals surface area (Å²) in [6.45, 7) is 5.98. The summed E-state index contributed by atoms with van der Waals surface area (Å²) >= 11 is 0. The van der Waals surface area contributed by atoms with Crippen molar-refractivity contribution < 1.29 is 23.5 Å². The first kappa shape index (κ1) is 25.5. The Kier molecular flexibility index (Phi) is 7.48. The van der Waals surface area contributed by atoms with Gasteiger partial charge in [0.05, 0.1) is 18.7 Å². The minimum atomic E-state index is -1.01. The van der Waals surface area contributed by atoms with E-state index in [0.29, 0.717) is 12.2 Å². The molecule has 3 N–H and O–H groups in total. The van der Waals surface area contributed by atoms with Gasteiger partial charge in [0.25, 0.3) is 0 Å². The van der Waals surface area contributed by atoms with E-state index in [0.717, 1.165) is 11.3 Å². The highest BCUT2D eigenvalue weighted by Crippen LogP contribution is 2.44. The summed E-state index contributed by atoms with van der Waals surface area (Å²) in [5.41, 5.74) is -0.514. The van der Waals surface area contributed by atoms with Gasteiger partial charge in [0.2, 0.25) is 5.91 Å². The third kappa shape index (κ3) is 4.85. The zero-order valence-corrected chi connectivity index (χ0v) is 20.4. The first-order valence-electron chi connectivity index (χ1n) is 11.1. The lowest BCUT2D eigenvalue weighted by Gasteiger charge is -2.45. The molecule has 0 saturated carbocycles. The molecule has 3 rings (SSSR count). The van der Waals surface area contributed by atoms with Crippen LogP contribution in [0.4, 0.5) is 14.9 Å². The molecule has 2 aromatic carbocycles. The fourth-order valence-electron chi connectivity index (χ4n) is 4.70. The molecule has 1 aliphatic rings. The number of carbonyl (C=O) groups is 2. The monoisotopic (exact) mass is 472 g/mol. The summed E-state index contributed by atoms with van der Waals surface area (Å²) in [7, 11) is 4.76. The molecule has 3 amide bonds. The number of nitrogens with one attached hydrogen (secondary N) is 3. The number of methoxy groups -OCH3 is 2. The summed E-state index contributed by atoms with van der Waals surface area (Å²) in [6.07, 6.45) is 0. The van der Waals surface area contributed by atoms with Crippen LogP contribution in [-0.4, -0.2) is 62.0 Å². The third-order valence-corrected chi connectivity index (χ3v) is 6.70. The second kappa shape index (κ2) is 9.99. The van der Waals surface area contributed by atoms with E-state index >= 15 is 0 Å². The number of amides is 3. The van der Waals surface area contributed by atoms with Gasteiger partial charge in [0.1, 0.15) is 17.3 Å². The fourth-order valence-corrected chi connectivity index (χ4v) is 4.70. The summed E-state index contributed by atoms with van der Waals surface area (Å²) in [5, 5.41) is 8.52. The van der Waals surface area contributed by atoms with E-state index in [9.17, 15) is 14.0 Å². The van der Waals surface area contributed by atoms with Crippen LogP contribution in [0.15, 0.2) is 48.5 Å². The minimum Gasteiger partial charge on any atom is -0.497 e. The van der Waals surface area contributed by atoms with Crippen molar-refractivity contribution in [3.8, 4) is 5.75 Å². The van der Waals surface area contributed by atoms with Gasteiger partial charge in [-0.1, -0.05) is 12.1 Å². The second-order valence-electron chi connectivity index (χ2n) is 8.97. The summed E-state index contributed by atoms with van der Waals surface area (Å²) in [6, 6.07) is 12.2. The van der Waals surface area contributed by atoms with Crippen LogP contribution in [0.5, 0.6) is 5.75 Å². The topological polar surface area (TPSA) is 91.9 Å². The third-order valence-electron chi connectivity index (χ3n) is 6.70. The summed E-state index contributed by atoms with van der Waals surface area (Å²) in [4.78, 5) is 27.8. The number of hydrogen-bond donors (Lipinski definition) is 3. The minimum absolute atomic E-state index is 0.166. The molecule has 8 nitrogen and oxygen atoms in total. The van der Waals surface area contributed by atoms with Crippen LogP contribution in [-0.2, 0) is 9.53 Å². The van der Waals surface area contributed by atoms with E-state index in [4.69, 9.17) is 9.47 Å². The van der Waals surface area contributed by atoms with E-state index < -0.39 is 23.3 Å². The Morgan fingerprint density at radius 1 is 1.09 bits per heavy atom. The van der Waals surface area contributed by atoms with Gasteiger partial charge >= 0.3 is 6.03 Å². The number of nitrogens with zero attached hydrogens (tertiary/aromatic N) is 1. The molecule has 1 fully saturated rings. The number of hydrogen-bond acceptors (Lipinski definition) is 5. The van der Waals surface area contributed by atoms with Crippen molar-refractivity contribution in [2.75, 3.05) is 33.1 Å². The maximum absolute atomic E-state index is 13.2. The number of likely N-dealkylation sites (N-methyl/N-ethyl adjacent to an activating group) is 1. The highest BCUT2D eigenvalue weighted by molar-refractivity contribution is 5.89. The number of ether oxygens (including phenoxy) is 2. The molecule has 2 aromatic rings. The average molecular weight is 473 g/mol. The molecule has 1 saturated heterocycles. The first-order chi connectivity index (χ1) is 16.1. The highest BCUT2D eigenvalue weighted by atomic mass is 19.1. The molecule has 0 bridgehead atoms. The number of likely N-dealkylation sites (tertiary alicyclic amines) is 1. The molecular formula is C25H33FN4O4. The Hall–Kier alpha value is -3.17. The number of anilines is 1. The lowest BCUT2D eigenvalue weighted by Crippen LogP contribution is -2.65. The largest absolute Gasteiger partial charge is 0.497 e. The van der Waals surface area contributed by atoms with E-state index in [1.54, 1.807) is 21.3 Å². The highest BCUT2D eigenvalue weighted by Gasteiger charge is 2.58. The molecule has 9 heteroatoms. The van der Waals surface area contributed by atoms with Gasteiger partial charge in [-0.2, -0.15) is 0 Å². The Morgan fingerprint density at radius 2 is 1.71 bits per heavy atom. The van der Waals surface area contributed by atoms with Crippen LogP contribution < -0.4 is 20.7 Å². The molecule has 1 unspecified atom stereocenters. The van der Waals surface area contributed by atoms with E-state index in [2.05, 4.69) is 16.0 Å². The molecule has 0 aliphatic carbocycles. The van der Waals surface area contributed by atoms with Crippen molar-refractivity contribution in [1.29, 1.82) is 0 Å². The lowest BCUT2D eigenvalue weighted by molar-refractivity contribution is -0.163. The van der Waals surface area contributed by atoms with Crippen LogP contribution in [0.1, 0.15) is 32.3 Å². The zero-order chi connectivity index (χ0) is 25.1. The van der Waals surface area contributed by atoms with Crippen LogP contribution in [0.25, 0.3) is 0 Å². The predicted octanol–water partition coefficient (Wildman–Crippen LogP) is 3.31. The van der Waals surface area contributed by atoms with Crippen molar-refractivity contribution in [2.45, 2.75) is 44.0 Å². The van der Waals surface area contributed by atoms with Crippen molar-refractivity contribution in [1.82, 2.24) is 15.5 Å². The smallest absolute Gasteiger partial charge is 0.319 e. The van der Waals surface area contributed by atoms with Gasteiger partial charge in [-0.3, -0.25) is 9.69 Å². The maximum Gasteiger partial charge on any atom is 0.319 e. The Bertz CT molecular complexity index is 1010. The predicted molar refractivity (Wildman–Crippen MR) is 128 cm³/mol. The Morgan fingerprint density at radius 3 is 2.24 bits per heavy atom. The number of urea groups is 1. The summed E-state index contributed by atoms with van der Waals surface area (Å²) < 4.78 is 24.5. The second-order valence-corrected chi connectivity index (χ2v) is 8.97. The van der Waals surface area contributed by atoms with Crippen molar-refractivity contribution >= 4 is 17.6 Å². The zero-order valence-electron chi connectivity index (χ0n) is 20.4. The van der Waals surface area contributed by atoms with Crippen molar-refractivity contribution in [2.24, 2.45) is 0 Å². The van der Waals surface area contributed by atoms with Crippen LogP contribution >= 0.6 is 0 Å². The van der Waals surface area contributed by atoms with E-state index in [1.807, 2.05) is 49.9 Å². The van der Waals surface area contributed by atoms with E-state index in [1.165, 1.54) is 24.3 Å². The standard InChI is InChI=1S/C25H33FN4O4/c1-24(2,22(31)27-4)30-15-20(16-7-13-19(33-5)14-8-16)21(25(30,3)34-6)29-23(32)28-18-11-9-17(26)10-12-18/h7-14,20-21H,15H2,1-6H3,(H,27,31)(H2,28,29,32)/t20-,21-,25?/m0/s1. The van der Waals surface area contributed by atoms with Gasteiger partial charge in [-0.05, 0) is 62.7 Å². The van der Waals surface area contributed by atoms with Gasteiger partial charge in [0, 0.05) is 32.3 Å². The SMILES string of the molecule is CNC(=O)C(C)(C)N1C[C@@H](c2ccc(OC)cc2)[C@H](NC(=O)Nc2ccc(F)cc2)C1(C)OC. The molecule has 0 radical (unpaired) electrons. The quantitative estimate of drug-likeness (QED) is 0.575. The van der Waals surface area contributed by atoms with Gasteiger partial charge in [0.15, 0.2) is 0 Å². The fraction of sp³-hybridized carbons (Fsp3) is 0.440. The van der Waals surface area contributed by atoms with Crippen molar-refractivity contribution in [3.05, 3.63) is 59.9 Å². The van der Waals surface area contributed by atoms with Gasteiger partial charge in [-0.15, -0.1) is 0 Å². The molecule has 184 valence electrons. The van der Waals surface area contributed by atoms with E-state index in [-0.39, 0.29) is 17.6 Å². The number of benzene rings is 2. The van der Waals surface area contributed by atoms with Crippen molar-refractivity contribution in [3.63, 3.8) is 0 Å². The Labute approximate surface area is 199 Å². The molecule has 0 spiro atoms. The van der Waals surface area contributed by atoms with Crippen LogP contribution in [0.3, 0.4) is 0 Å². The average Bonchev–Trinajstić information content (AvgIpc) is 3.13. The molecule has 34 heavy (non-hydrogen) atoms. The number of carbonyl (C=O) groups excluding carboxylic acids is 2. The maximum atomic E-state index is 13.2. The first-order valence-corrected chi connectivity index (χ1v) is 11.1. The molecule has 0 aromatic heterocycles. The molecular weight excluding hydrogens is 439 g/mol. The number of rotatable bonds is 7. The molecule has 3 atom stereocenters. The summed E-state index contributed by atoms with van der Waals surface area (Å²) in [5.74, 6) is -0.0304. The van der Waals surface area contributed by atoms with Gasteiger partial charge < -0.3 is 25.4 Å². The normalized spacial score (nSPS) is 22.8. The lowest BCUT2D eigenvalue weighted by atomic mass is 9.89. The molecule has 1 heterocycles. The van der Waals surface area contributed by atoms with Crippen LogP contribution in [0.2, 0.25) is 0 Å².